The van der Waals surface area contributed by atoms with Gasteiger partial charge in [0, 0.05) is 35.1 Å². The summed E-state index contributed by atoms with van der Waals surface area (Å²) in [6.45, 7) is 0.652. The fourth-order valence-electron chi connectivity index (χ4n) is 2.76. The lowest BCUT2D eigenvalue weighted by molar-refractivity contribution is 0.0939. The summed E-state index contributed by atoms with van der Waals surface area (Å²) < 4.78 is 26.3. The van der Waals surface area contributed by atoms with Crippen LogP contribution in [0.25, 0.3) is 6.08 Å². The lowest BCUT2D eigenvalue weighted by Gasteiger charge is -2.15. The molecule has 0 saturated carbocycles. The number of hydrogen-bond acceptors (Lipinski definition) is 3. The molecule has 0 spiro atoms. The summed E-state index contributed by atoms with van der Waals surface area (Å²) in [5, 5.41) is 4.68. The molecule has 1 unspecified atom stereocenters. The highest BCUT2D eigenvalue weighted by atomic mass is 35.5. The number of carbonyl (C=O) groups is 1. The molecule has 0 bridgehead atoms. The van der Waals surface area contributed by atoms with Gasteiger partial charge in [0.15, 0.2) is 0 Å². The number of nitrogens with zero attached hydrogens (tertiary/aromatic N) is 1. The van der Waals surface area contributed by atoms with Crippen molar-refractivity contribution >= 4 is 33.6 Å². The molecule has 1 heterocycles. The van der Waals surface area contributed by atoms with E-state index in [1.54, 1.807) is 54.6 Å². The second kappa shape index (κ2) is 8.03. The summed E-state index contributed by atoms with van der Waals surface area (Å²) >= 11 is 5.82. The maximum absolute atomic E-state index is 12.5. The van der Waals surface area contributed by atoms with Crippen LogP contribution in [0.4, 0.5) is 0 Å². The number of hydrogen-bond donors (Lipinski definition) is 1. The van der Waals surface area contributed by atoms with Gasteiger partial charge in [0.2, 0.25) is 10.0 Å². The molecule has 1 amide bonds. The molecule has 1 fully saturated rings. The van der Waals surface area contributed by atoms with Crippen molar-refractivity contribution in [2.75, 3.05) is 13.1 Å². The summed E-state index contributed by atoms with van der Waals surface area (Å²) in [5.74, 6) is -0.188. The van der Waals surface area contributed by atoms with Crippen LogP contribution in [0.3, 0.4) is 0 Å². The minimum atomic E-state index is -3.53. The first-order valence-electron chi connectivity index (χ1n) is 8.24. The Kier molecular flexibility index (Phi) is 5.76. The summed E-state index contributed by atoms with van der Waals surface area (Å²) in [4.78, 5) is 12.2. The molecule has 2 aromatic carbocycles. The van der Waals surface area contributed by atoms with Crippen LogP contribution in [0.15, 0.2) is 60.0 Å². The van der Waals surface area contributed by atoms with Crippen LogP contribution in [-0.4, -0.2) is 37.8 Å². The molecule has 26 heavy (non-hydrogen) atoms. The van der Waals surface area contributed by atoms with Gasteiger partial charge in [0.05, 0.1) is 0 Å². The largest absolute Gasteiger partial charge is 0.348 e. The fourth-order valence-corrected chi connectivity index (χ4v) is 4.13. The van der Waals surface area contributed by atoms with E-state index in [9.17, 15) is 13.2 Å². The zero-order chi connectivity index (χ0) is 18.6. The first kappa shape index (κ1) is 18.6. The molecular formula is C19H19ClN2O3S. The first-order valence-corrected chi connectivity index (χ1v) is 10.1. The van der Waals surface area contributed by atoms with Crippen LogP contribution in [-0.2, 0) is 10.0 Å². The third-order valence-corrected chi connectivity index (χ3v) is 5.97. The smallest absolute Gasteiger partial charge is 0.251 e. The molecular weight excluding hydrogens is 372 g/mol. The van der Waals surface area contributed by atoms with E-state index in [1.165, 1.54) is 9.71 Å². The minimum absolute atomic E-state index is 0.188. The van der Waals surface area contributed by atoms with Crippen LogP contribution >= 0.6 is 11.6 Å². The topological polar surface area (TPSA) is 66.5 Å². The fraction of sp³-hybridized carbons (Fsp3) is 0.211. The van der Waals surface area contributed by atoms with Crippen molar-refractivity contribution < 1.29 is 13.2 Å². The quantitative estimate of drug-likeness (QED) is 0.852. The van der Waals surface area contributed by atoms with Crippen LogP contribution in [0.2, 0.25) is 5.02 Å². The molecule has 3 rings (SSSR count). The Balaban J connectivity index is 1.60. The molecule has 0 aliphatic carbocycles. The number of rotatable bonds is 5. The molecule has 1 aliphatic heterocycles. The van der Waals surface area contributed by atoms with Crippen LogP contribution < -0.4 is 5.32 Å². The van der Waals surface area contributed by atoms with E-state index in [4.69, 9.17) is 11.6 Å². The number of sulfonamides is 1. The lowest BCUT2D eigenvalue weighted by Crippen LogP contribution is -2.38. The van der Waals surface area contributed by atoms with Gasteiger partial charge in [-0.05, 0) is 42.3 Å². The van der Waals surface area contributed by atoms with E-state index in [2.05, 4.69) is 5.32 Å². The van der Waals surface area contributed by atoms with Crippen molar-refractivity contribution in [2.45, 2.75) is 12.5 Å². The van der Waals surface area contributed by atoms with Gasteiger partial charge >= 0.3 is 0 Å². The molecule has 1 aliphatic rings. The first-order chi connectivity index (χ1) is 12.4. The molecule has 5 nitrogen and oxygen atoms in total. The molecule has 2 aromatic rings. The second-order valence-electron chi connectivity index (χ2n) is 6.08. The van der Waals surface area contributed by atoms with E-state index >= 15 is 0 Å². The van der Waals surface area contributed by atoms with Crippen molar-refractivity contribution in [3.63, 3.8) is 0 Å². The maximum Gasteiger partial charge on any atom is 0.251 e. The molecule has 1 atom stereocenters. The lowest BCUT2D eigenvalue weighted by atomic mass is 10.2. The predicted octanol–water partition coefficient (Wildman–Crippen LogP) is 3.14. The van der Waals surface area contributed by atoms with Crippen LogP contribution in [0.1, 0.15) is 22.3 Å². The number of benzene rings is 2. The highest BCUT2D eigenvalue weighted by Gasteiger charge is 2.30. The second-order valence-corrected chi connectivity index (χ2v) is 8.34. The maximum atomic E-state index is 12.5. The Labute approximate surface area is 158 Å². The van der Waals surface area contributed by atoms with Crippen molar-refractivity contribution in [1.82, 2.24) is 9.62 Å². The average molecular weight is 391 g/mol. The third-order valence-electron chi connectivity index (χ3n) is 4.18. The number of nitrogens with one attached hydrogen (secondary N) is 1. The zero-order valence-corrected chi connectivity index (χ0v) is 15.6. The molecule has 0 aromatic heterocycles. The van der Waals surface area contributed by atoms with Crippen molar-refractivity contribution in [3.8, 4) is 0 Å². The Morgan fingerprint density at radius 3 is 2.50 bits per heavy atom. The Morgan fingerprint density at radius 1 is 1.12 bits per heavy atom. The van der Waals surface area contributed by atoms with E-state index in [-0.39, 0.29) is 18.5 Å². The van der Waals surface area contributed by atoms with E-state index in [1.807, 2.05) is 6.07 Å². The molecule has 1 N–H and O–H groups in total. The highest BCUT2D eigenvalue weighted by molar-refractivity contribution is 7.92. The summed E-state index contributed by atoms with van der Waals surface area (Å²) in [6, 6.07) is 15.6. The minimum Gasteiger partial charge on any atom is -0.348 e. The van der Waals surface area contributed by atoms with Gasteiger partial charge in [-0.25, -0.2) is 8.42 Å². The van der Waals surface area contributed by atoms with Gasteiger partial charge in [-0.15, -0.1) is 0 Å². The van der Waals surface area contributed by atoms with Crippen molar-refractivity contribution in [1.29, 1.82) is 0 Å². The van der Waals surface area contributed by atoms with Gasteiger partial charge in [-0.3, -0.25) is 4.79 Å². The van der Waals surface area contributed by atoms with E-state index < -0.39 is 10.0 Å². The van der Waals surface area contributed by atoms with E-state index in [0.29, 0.717) is 23.6 Å². The van der Waals surface area contributed by atoms with Crippen LogP contribution in [0, 0.1) is 0 Å². The summed E-state index contributed by atoms with van der Waals surface area (Å²) in [6.07, 6.45) is 2.13. The van der Waals surface area contributed by atoms with Crippen molar-refractivity contribution in [3.05, 3.63) is 76.2 Å². The number of amides is 1. The Morgan fingerprint density at radius 2 is 1.81 bits per heavy atom. The normalized spacial score (nSPS) is 18.3. The highest BCUT2D eigenvalue weighted by Crippen LogP contribution is 2.17. The Bertz CT molecular complexity index is 896. The zero-order valence-electron chi connectivity index (χ0n) is 14.0. The number of carbonyl (C=O) groups excluding carboxylic acids is 1. The Hall–Kier alpha value is -2.15. The number of halogens is 1. The molecule has 0 radical (unpaired) electrons. The molecule has 7 heteroatoms. The third kappa shape index (κ3) is 4.72. The van der Waals surface area contributed by atoms with Gasteiger partial charge in [0.1, 0.15) is 0 Å². The SMILES string of the molecule is O=C(NC1CCN(S(=O)(=O)C=Cc2ccc(Cl)cc2)C1)c1ccccc1. The van der Waals surface area contributed by atoms with Gasteiger partial charge in [-0.1, -0.05) is 41.9 Å². The molecule has 136 valence electrons. The van der Waals surface area contributed by atoms with Gasteiger partial charge in [-0.2, -0.15) is 4.31 Å². The molecule has 1 saturated heterocycles. The van der Waals surface area contributed by atoms with Crippen LogP contribution in [0.5, 0.6) is 0 Å². The monoisotopic (exact) mass is 390 g/mol. The summed E-state index contributed by atoms with van der Waals surface area (Å²) in [7, 11) is -3.53. The van der Waals surface area contributed by atoms with Gasteiger partial charge in [0.25, 0.3) is 5.91 Å². The summed E-state index contributed by atoms with van der Waals surface area (Å²) in [5.41, 5.74) is 1.32. The predicted molar refractivity (Wildman–Crippen MR) is 103 cm³/mol. The van der Waals surface area contributed by atoms with Gasteiger partial charge < -0.3 is 5.32 Å². The standard InChI is InChI=1S/C19H19ClN2O3S/c20-17-8-6-15(7-9-17)11-13-26(24,25)22-12-10-18(14-22)21-19(23)16-4-2-1-3-5-16/h1-9,11,13,18H,10,12,14H2,(H,21,23). The average Bonchev–Trinajstić information content (AvgIpc) is 3.11. The van der Waals surface area contributed by atoms with E-state index in [0.717, 1.165) is 5.56 Å². The van der Waals surface area contributed by atoms with Crippen molar-refractivity contribution in [2.24, 2.45) is 0 Å².